The van der Waals surface area contributed by atoms with Gasteiger partial charge in [0.25, 0.3) is 0 Å². The first-order valence-electron chi connectivity index (χ1n) is 8.03. The van der Waals surface area contributed by atoms with Gasteiger partial charge < -0.3 is 4.90 Å². The van der Waals surface area contributed by atoms with E-state index in [-0.39, 0.29) is 5.91 Å². The highest BCUT2D eigenvalue weighted by Gasteiger charge is 2.68. The van der Waals surface area contributed by atoms with Crippen molar-refractivity contribution in [2.24, 2.45) is 5.41 Å². The molecular formula is C18H22Cl2N2O. The minimum absolute atomic E-state index is 0.0991. The SMILES string of the molecule is CC1(C(=O)N2CCN(CC=Cc3ccccc3)CC2)CC1(Cl)Cl. The summed E-state index contributed by atoms with van der Waals surface area (Å²) >= 11 is 12.2. The van der Waals surface area contributed by atoms with Gasteiger partial charge in [0.1, 0.15) is 4.33 Å². The number of hydrogen-bond donors (Lipinski definition) is 0. The summed E-state index contributed by atoms with van der Waals surface area (Å²) in [5.74, 6) is 0.0991. The fourth-order valence-corrected chi connectivity index (χ4v) is 3.71. The van der Waals surface area contributed by atoms with Gasteiger partial charge in [-0.2, -0.15) is 0 Å². The zero-order valence-corrected chi connectivity index (χ0v) is 14.9. The third kappa shape index (κ3) is 3.57. The first-order chi connectivity index (χ1) is 10.9. The Hall–Kier alpha value is -1.03. The first-order valence-corrected chi connectivity index (χ1v) is 8.79. The van der Waals surface area contributed by atoms with Crippen LogP contribution in [-0.4, -0.2) is 52.8 Å². The Balaban J connectivity index is 1.46. The van der Waals surface area contributed by atoms with Gasteiger partial charge in [-0.3, -0.25) is 9.69 Å². The number of benzene rings is 1. The normalized spacial score (nSPS) is 27.3. The molecule has 124 valence electrons. The number of alkyl halides is 2. The molecule has 5 heteroatoms. The van der Waals surface area contributed by atoms with E-state index in [2.05, 4.69) is 29.2 Å². The third-order valence-corrected chi connectivity index (χ3v) is 5.96. The van der Waals surface area contributed by atoms with Crippen molar-refractivity contribution in [2.45, 2.75) is 17.7 Å². The Morgan fingerprint density at radius 3 is 2.35 bits per heavy atom. The fraction of sp³-hybridized carbons (Fsp3) is 0.500. The Morgan fingerprint density at radius 2 is 1.78 bits per heavy atom. The van der Waals surface area contributed by atoms with Crippen LogP contribution in [0.4, 0.5) is 0 Å². The minimum atomic E-state index is -0.875. The summed E-state index contributed by atoms with van der Waals surface area (Å²) in [7, 11) is 0. The number of halogens is 2. The Kier molecular flexibility index (Phi) is 4.73. The van der Waals surface area contributed by atoms with Crippen LogP contribution in [0.3, 0.4) is 0 Å². The van der Waals surface area contributed by atoms with E-state index in [4.69, 9.17) is 23.2 Å². The summed E-state index contributed by atoms with van der Waals surface area (Å²) in [6.45, 7) is 6.04. The maximum atomic E-state index is 12.5. The van der Waals surface area contributed by atoms with E-state index in [9.17, 15) is 4.79 Å². The molecule has 1 saturated heterocycles. The number of amides is 1. The molecule has 1 aromatic rings. The lowest BCUT2D eigenvalue weighted by molar-refractivity contribution is -0.138. The molecule has 1 aromatic carbocycles. The number of rotatable bonds is 4. The molecule has 1 atom stereocenters. The largest absolute Gasteiger partial charge is 0.340 e. The zero-order chi connectivity index (χ0) is 16.5. The number of piperazine rings is 1. The summed E-state index contributed by atoms with van der Waals surface area (Å²) in [5, 5.41) is 0. The van der Waals surface area contributed by atoms with E-state index >= 15 is 0 Å². The molecule has 3 rings (SSSR count). The van der Waals surface area contributed by atoms with E-state index in [1.165, 1.54) is 5.56 Å². The van der Waals surface area contributed by atoms with Crippen LogP contribution >= 0.6 is 23.2 Å². The van der Waals surface area contributed by atoms with E-state index in [1.54, 1.807) is 0 Å². The van der Waals surface area contributed by atoms with Crippen molar-refractivity contribution < 1.29 is 4.79 Å². The van der Waals surface area contributed by atoms with Crippen molar-refractivity contribution in [1.82, 2.24) is 9.80 Å². The van der Waals surface area contributed by atoms with Gasteiger partial charge in [0.05, 0.1) is 5.41 Å². The molecule has 1 unspecified atom stereocenters. The van der Waals surface area contributed by atoms with Crippen LogP contribution in [-0.2, 0) is 4.79 Å². The molecular weight excluding hydrogens is 331 g/mol. The molecule has 2 fully saturated rings. The average molecular weight is 353 g/mol. The van der Waals surface area contributed by atoms with E-state index < -0.39 is 9.75 Å². The second kappa shape index (κ2) is 6.46. The van der Waals surface area contributed by atoms with E-state index in [0.717, 1.165) is 32.7 Å². The molecule has 2 aliphatic rings. The van der Waals surface area contributed by atoms with Crippen molar-refractivity contribution in [3.63, 3.8) is 0 Å². The summed E-state index contributed by atoms with van der Waals surface area (Å²) in [5.41, 5.74) is 0.620. The molecule has 0 radical (unpaired) electrons. The zero-order valence-electron chi connectivity index (χ0n) is 13.3. The lowest BCUT2D eigenvalue weighted by Gasteiger charge is -2.35. The summed E-state index contributed by atoms with van der Waals surface area (Å²) in [6, 6.07) is 10.3. The Bertz CT molecular complexity index is 594. The standard InChI is InChI=1S/C18H22Cl2N2O/c1-17(14-18(17,19)20)16(23)22-12-10-21(11-13-22)9-5-8-15-6-3-2-4-7-15/h2-8H,9-14H2,1H3. The van der Waals surface area contributed by atoms with Crippen LogP contribution in [0.15, 0.2) is 36.4 Å². The minimum Gasteiger partial charge on any atom is -0.340 e. The number of hydrogen-bond acceptors (Lipinski definition) is 2. The second-order valence-electron chi connectivity index (χ2n) is 6.62. The highest BCUT2D eigenvalue weighted by atomic mass is 35.5. The van der Waals surface area contributed by atoms with Crippen molar-refractivity contribution in [3.05, 3.63) is 42.0 Å². The van der Waals surface area contributed by atoms with Crippen LogP contribution < -0.4 is 0 Å². The molecule has 1 aliphatic heterocycles. The number of nitrogens with zero attached hydrogens (tertiary/aromatic N) is 2. The first kappa shape index (κ1) is 16.8. The van der Waals surface area contributed by atoms with Gasteiger partial charge in [0.2, 0.25) is 5.91 Å². The van der Waals surface area contributed by atoms with Crippen LogP contribution in [0, 0.1) is 5.41 Å². The Morgan fingerprint density at radius 1 is 1.17 bits per heavy atom. The van der Waals surface area contributed by atoms with Gasteiger partial charge in [0.15, 0.2) is 0 Å². The van der Waals surface area contributed by atoms with Gasteiger partial charge in [-0.1, -0.05) is 42.5 Å². The highest BCUT2D eigenvalue weighted by Crippen LogP contribution is 2.64. The molecule has 1 saturated carbocycles. The van der Waals surface area contributed by atoms with Crippen LogP contribution in [0.1, 0.15) is 18.9 Å². The van der Waals surface area contributed by atoms with E-state index in [1.807, 2.05) is 30.0 Å². The highest BCUT2D eigenvalue weighted by molar-refractivity contribution is 6.53. The van der Waals surface area contributed by atoms with Gasteiger partial charge >= 0.3 is 0 Å². The van der Waals surface area contributed by atoms with E-state index in [0.29, 0.717) is 6.42 Å². The molecule has 0 aromatic heterocycles. The van der Waals surface area contributed by atoms with Crippen molar-refractivity contribution >= 4 is 35.2 Å². The van der Waals surface area contributed by atoms with Gasteiger partial charge in [0, 0.05) is 32.7 Å². The van der Waals surface area contributed by atoms with Gasteiger partial charge in [-0.05, 0) is 18.9 Å². The van der Waals surface area contributed by atoms with Gasteiger partial charge in [-0.25, -0.2) is 0 Å². The van der Waals surface area contributed by atoms with Crippen LogP contribution in [0.25, 0.3) is 6.08 Å². The monoisotopic (exact) mass is 352 g/mol. The topological polar surface area (TPSA) is 23.6 Å². The Labute approximate surface area is 147 Å². The van der Waals surface area contributed by atoms with Crippen LogP contribution in [0.5, 0.6) is 0 Å². The van der Waals surface area contributed by atoms with Crippen LogP contribution in [0.2, 0.25) is 0 Å². The van der Waals surface area contributed by atoms with Crippen molar-refractivity contribution in [3.8, 4) is 0 Å². The maximum Gasteiger partial charge on any atom is 0.231 e. The van der Waals surface area contributed by atoms with Crippen molar-refractivity contribution in [2.75, 3.05) is 32.7 Å². The molecule has 0 N–H and O–H groups in total. The summed E-state index contributed by atoms with van der Waals surface area (Å²) in [4.78, 5) is 16.8. The summed E-state index contributed by atoms with van der Waals surface area (Å²) < 4.78 is -0.875. The second-order valence-corrected chi connectivity index (χ2v) is 8.10. The third-order valence-electron chi connectivity index (χ3n) is 4.86. The van der Waals surface area contributed by atoms with Gasteiger partial charge in [-0.15, -0.1) is 23.2 Å². The molecule has 1 aliphatic carbocycles. The molecule has 1 heterocycles. The lowest BCUT2D eigenvalue weighted by atomic mass is 10.1. The number of carbonyl (C=O) groups is 1. The molecule has 0 bridgehead atoms. The molecule has 0 spiro atoms. The smallest absolute Gasteiger partial charge is 0.231 e. The summed E-state index contributed by atoms with van der Waals surface area (Å²) in [6.07, 6.45) is 4.87. The fourth-order valence-electron chi connectivity index (χ4n) is 3.02. The molecule has 23 heavy (non-hydrogen) atoms. The predicted octanol–water partition coefficient (Wildman–Crippen LogP) is 3.43. The molecule has 3 nitrogen and oxygen atoms in total. The average Bonchev–Trinajstić information content (AvgIpc) is 3.08. The lowest BCUT2D eigenvalue weighted by Crippen LogP contribution is -2.51. The maximum absolute atomic E-state index is 12.5. The quantitative estimate of drug-likeness (QED) is 0.775. The predicted molar refractivity (Wildman–Crippen MR) is 95.7 cm³/mol. The molecule has 1 amide bonds. The number of carbonyl (C=O) groups excluding carboxylic acids is 1. The van der Waals surface area contributed by atoms with Crippen molar-refractivity contribution in [1.29, 1.82) is 0 Å².